The Kier molecular flexibility index (Phi) is 3.24. The molecule has 1 aromatic rings. The van der Waals surface area contributed by atoms with Gasteiger partial charge in [-0.05, 0) is 25.5 Å². The molecular formula is C16H17N2O4. The van der Waals surface area contributed by atoms with Crippen LogP contribution in [0.25, 0.3) is 0 Å². The van der Waals surface area contributed by atoms with Gasteiger partial charge in [-0.3, -0.25) is 0 Å². The number of pyridine rings is 1. The molecule has 0 saturated heterocycles. The maximum Gasteiger partial charge on any atom is 0.344 e. The largest absolute Gasteiger partial charge is 0.507 e. The van der Waals surface area contributed by atoms with Gasteiger partial charge in [0.2, 0.25) is 5.88 Å². The number of aliphatic hydroxyl groups excluding tert-OH is 1. The zero-order chi connectivity index (χ0) is 15.9. The second kappa shape index (κ2) is 4.98. The molecule has 0 unspecified atom stereocenters. The average Bonchev–Trinajstić information content (AvgIpc) is 3.28. The quantitative estimate of drug-likeness (QED) is 0.685. The first-order chi connectivity index (χ1) is 10.4. The number of methoxy groups -OCH3 is 1. The Morgan fingerprint density at radius 1 is 1.45 bits per heavy atom. The van der Waals surface area contributed by atoms with E-state index in [1.807, 2.05) is 0 Å². The Morgan fingerprint density at radius 2 is 2.23 bits per heavy atom. The number of allylic oxidation sites excluding steroid dienone is 1. The molecule has 1 aromatic heterocycles. The minimum atomic E-state index is -0.746. The highest BCUT2D eigenvalue weighted by Gasteiger charge is 2.45. The fraction of sp³-hybridized carbons (Fsp3) is 0.250. The van der Waals surface area contributed by atoms with Gasteiger partial charge in [0.15, 0.2) is 5.82 Å². The van der Waals surface area contributed by atoms with Crippen molar-refractivity contribution in [3.8, 4) is 5.88 Å². The second-order valence-corrected chi connectivity index (χ2v) is 5.43. The number of hydrogen-bond donors (Lipinski definition) is 1. The third-order valence-corrected chi connectivity index (χ3v) is 3.47. The van der Waals surface area contributed by atoms with Crippen molar-refractivity contribution in [3.05, 3.63) is 47.1 Å². The SMILES string of the molecule is COc1cccc(N=CC2=C(O)C3=C([CH]3)C(C)(C)OC2=O)n1.[HH]. The van der Waals surface area contributed by atoms with E-state index in [1.54, 1.807) is 38.5 Å². The van der Waals surface area contributed by atoms with E-state index in [0.29, 0.717) is 17.3 Å². The summed E-state index contributed by atoms with van der Waals surface area (Å²) in [6.07, 6.45) is 3.05. The predicted molar refractivity (Wildman–Crippen MR) is 82.2 cm³/mol. The maximum absolute atomic E-state index is 12.1. The van der Waals surface area contributed by atoms with Gasteiger partial charge in [0.25, 0.3) is 0 Å². The Bertz CT molecular complexity index is 750. The summed E-state index contributed by atoms with van der Waals surface area (Å²) >= 11 is 0. The molecule has 2 aliphatic rings. The fourth-order valence-electron chi connectivity index (χ4n) is 2.22. The number of esters is 1. The number of rotatable bonds is 3. The number of carbonyl (C=O) groups excluding carboxylic acids is 1. The summed E-state index contributed by atoms with van der Waals surface area (Å²) in [7, 11) is 1.51. The summed E-state index contributed by atoms with van der Waals surface area (Å²) in [6.45, 7) is 3.56. The summed E-state index contributed by atoms with van der Waals surface area (Å²) in [4.78, 5) is 20.4. The summed E-state index contributed by atoms with van der Waals surface area (Å²) < 4.78 is 10.4. The summed E-state index contributed by atoms with van der Waals surface area (Å²) in [5.41, 5.74) is 0.720. The number of ether oxygens (including phenoxy) is 2. The molecule has 115 valence electrons. The van der Waals surface area contributed by atoms with E-state index in [4.69, 9.17) is 9.47 Å². The van der Waals surface area contributed by atoms with Crippen molar-refractivity contribution in [1.29, 1.82) is 0 Å². The van der Waals surface area contributed by atoms with E-state index in [-0.39, 0.29) is 12.8 Å². The Balaban J connectivity index is 0.00000192. The molecule has 6 heteroatoms. The summed E-state index contributed by atoms with van der Waals surface area (Å²) in [6, 6.07) is 5.08. The molecule has 6 nitrogen and oxygen atoms in total. The zero-order valence-corrected chi connectivity index (χ0v) is 12.5. The van der Waals surface area contributed by atoms with Crippen molar-refractivity contribution < 1.29 is 20.8 Å². The van der Waals surface area contributed by atoms with Gasteiger partial charge in [0, 0.05) is 25.7 Å². The lowest BCUT2D eigenvalue weighted by molar-refractivity contribution is -0.147. The van der Waals surface area contributed by atoms with Gasteiger partial charge in [-0.1, -0.05) is 6.07 Å². The molecule has 0 aromatic carbocycles. The zero-order valence-electron chi connectivity index (χ0n) is 12.5. The molecule has 0 atom stereocenters. The van der Waals surface area contributed by atoms with Crippen molar-refractivity contribution in [2.24, 2.45) is 4.99 Å². The highest BCUT2D eigenvalue weighted by Crippen LogP contribution is 2.46. The molecule has 0 amide bonds. The van der Waals surface area contributed by atoms with Crippen LogP contribution in [0.3, 0.4) is 0 Å². The standard InChI is InChI=1S/C16H15N2O4.H2/c1-16(2)11-7-9(11)14(19)10(15(20)22-16)8-17-12-5-4-6-13(18-12)21-3;/h4-8,19H,1-3H3;1H. The number of carbonyl (C=O) groups is 1. The molecule has 1 aliphatic carbocycles. The van der Waals surface area contributed by atoms with Crippen LogP contribution in [0.2, 0.25) is 0 Å². The molecule has 1 N–H and O–H groups in total. The molecule has 1 aliphatic heterocycles. The lowest BCUT2D eigenvalue weighted by Gasteiger charge is -2.21. The van der Waals surface area contributed by atoms with Crippen molar-refractivity contribution in [3.63, 3.8) is 0 Å². The topological polar surface area (TPSA) is 81.0 Å². The normalized spacial score (nSPS) is 19.9. The number of hydrogen-bond acceptors (Lipinski definition) is 6. The van der Waals surface area contributed by atoms with Crippen LogP contribution in [-0.2, 0) is 9.53 Å². The fourth-order valence-corrected chi connectivity index (χ4v) is 2.22. The van der Waals surface area contributed by atoms with Crippen LogP contribution in [0.4, 0.5) is 5.82 Å². The molecule has 0 fully saturated rings. The van der Waals surface area contributed by atoms with E-state index in [2.05, 4.69) is 9.98 Å². The Hall–Kier alpha value is -2.63. The second-order valence-electron chi connectivity index (χ2n) is 5.43. The van der Waals surface area contributed by atoms with Gasteiger partial charge in [-0.25, -0.2) is 9.79 Å². The van der Waals surface area contributed by atoms with Crippen LogP contribution in [-0.4, -0.2) is 35.0 Å². The van der Waals surface area contributed by atoms with Crippen molar-refractivity contribution >= 4 is 18.0 Å². The van der Waals surface area contributed by atoms with Gasteiger partial charge in [0.05, 0.1) is 7.11 Å². The maximum atomic E-state index is 12.1. The molecule has 0 saturated carbocycles. The highest BCUT2D eigenvalue weighted by atomic mass is 16.6. The van der Waals surface area contributed by atoms with Gasteiger partial charge in [0.1, 0.15) is 16.9 Å². The molecule has 1 radical (unpaired) electrons. The van der Waals surface area contributed by atoms with Gasteiger partial charge >= 0.3 is 5.97 Å². The van der Waals surface area contributed by atoms with E-state index >= 15 is 0 Å². The minimum Gasteiger partial charge on any atom is -0.507 e. The molecule has 2 heterocycles. The summed E-state index contributed by atoms with van der Waals surface area (Å²) in [5, 5.41) is 10.2. The van der Waals surface area contributed by atoms with Crippen molar-refractivity contribution in [2.75, 3.05) is 7.11 Å². The number of nitrogens with zero attached hydrogens (tertiary/aromatic N) is 2. The van der Waals surface area contributed by atoms with Crippen LogP contribution >= 0.6 is 0 Å². The van der Waals surface area contributed by atoms with E-state index in [9.17, 15) is 9.90 Å². The van der Waals surface area contributed by atoms with E-state index in [0.717, 1.165) is 5.57 Å². The minimum absolute atomic E-state index is 0. The molecule has 22 heavy (non-hydrogen) atoms. The van der Waals surface area contributed by atoms with Crippen LogP contribution in [0, 0.1) is 6.42 Å². The lowest BCUT2D eigenvalue weighted by Crippen LogP contribution is -2.28. The predicted octanol–water partition coefficient (Wildman–Crippen LogP) is 2.70. The number of cyclic esters (lactones) is 1. The van der Waals surface area contributed by atoms with Gasteiger partial charge in [-0.2, -0.15) is 4.98 Å². The van der Waals surface area contributed by atoms with Gasteiger partial charge in [-0.15, -0.1) is 0 Å². The van der Waals surface area contributed by atoms with Crippen LogP contribution in [0.5, 0.6) is 5.88 Å². The third-order valence-electron chi connectivity index (χ3n) is 3.47. The van der Waals surface area contributed by atoms with E-state index in [1.165, 1.54) is 13.3 Å². The molecule has 0 bridgehead atoms. The lowest BCUT2D eigenvalue weighted by atomic mass is 10.1. The highest BCUT2D eigenvalue weighted by molar-refractivity contribution is 6.12. The van der Waals surface area contributed by atoms with Crippen LogP contribution < -0.4 is 4.74 Å². The third kappa shape index (κ3) is 2.47. The first-order valence-corrected chi connectivity index (χ1v) is 6.74. The van der Waals surface area contributed by atoms with Crippen LogP contribution in [0.1, 0.15) is 15.3 Å². The molecule has 3 rings (SSSR count). The first kappa shape index (κ1) is 14.3. The van der Waals surface area contributed by atoms with Crippen molar-refractivity contribution in [1.82, 2.24) is 4.98 Å². The Labute approximate surface area is 129 Å². The number of aliphatic imine (C=N–C) groups is 1. The molecule has 0 spiro atoms. The summed E-state index contributed by atoms with van der Waals surface area (Å²) in [5.74, 6) is 0.0508. The smallest absolute Gasteiger partial charge is 0.344 e. The van der Waals surface area contributed by atoms with Crippen molar-refractivity contribution in [2.45, 2.75) is 19.4 Å². The van der Waals surface area contributed by atoms with Crippen LogP contribution in [0.15, 0.2) is 45.7 Å². The van der Waals surface area contributed by atoms with E-state index < -0.39 is 11.6 Å². The number of aromatic nitrogens is 1. The Morgan fingerprint density at radius 3 is 2.95 bits per heavy atom. The monoisotopic (exact) mass is 301 g/mol. The average molecular weight is 301 g/mol. The first-order valence-electron chi connectivity index (χ1n) is 6.74. The number of aliphatic hydroxyl groups is 1. The van der Waals surface area contributed by atoms with Gasteiger partial charge < -0.3 is 14.6 Å². The molecular weight excluding hydrogens is 284 g/mol.